The van der Waals surface area contributed by atoms with Gasteiger partial charge in [-0.05, 0) is 24.6 Å². The number of carbonyl (C=O) groups is 1. The van der Waals surface area contributed by atoms with Crippen LogP contribution in [-0.2, 0) is 16.6 Å². The Hall–Kier alpha value is -3.39. The van der Waals surface area contributed by atoms with Gasteiger partial charge in [0.05, 0.1) is 22.3 Å². The van der Waals surface area contributed by atoms with E-state index in [4.69, 9.17) is 0 Å². The Morgan fingerprint density at radius 3 is 2.55 bits per heavy atom. The maximum Gasteiger partial charge on any atom is 0.268 e. The SMILES string of the molecule is O=C(NCCCn1ccnc1)c1cn(S(=O)(=O)c2ccccc2)c2ccccc12. The second kappa shape index (κ2) is 7.92. The fourth-order valence-electron chi connectivity index (χ4n) is 3.21. The molecule has 0 aliphatic carbocycles. The fraction of sp³-hybridized carbons (Fsp3) is 0.143. The third-order valence-corrected chi connectivity index (χ3v) is 6.35. The number of nitrogens with one attached hydrogen (secondary N) is 1. The number of hydrogen-bond donors (Lipinski definition) is 1. The molecule has 0 aliphatic rings. The summed E-state index contributed by atoms with van der Waals surface area (Å²) in [7, 11) is -3.81. The molecule has 4 aromatic rings. The van der Waals surface area contributed by atoms with Crippen molar-refractivity contribution in [3.8, 4) is 0 Å². The van der Waals surface area contributed by atoms with E-state index in [1.54, 1.807) is 67.1 Å². The number of fused-ring (bicyclic) bond motifs is 1. The van der Waals surface area contributed by atoms with Crippen LogP contribution in [0.5, 0.6) is 0 Å². The van der Waals surface area contributed by atoms with E-state index in [0.29, 0.717) is 23.0 Å². The molecule has 2 aromatic heterocycles. The van der Waals surface area contributed by atoms with Crippen LogP contribution in [0.2, 0.25) is 0 Å². The first-order valence-electron chi connectivity index (χ1n) is 9.22. The van der Waals surface area contributed by atoms with Gasteiger partial charge in [-0.3, -0.25) is 4.79 Å². The molecule has 8 heteroatoms. The van der Waals surface area contributed by atoms with E-state index in [9.17, 15) is 13.2 Å². The molecular weight excluding hydrogens is 388 g/mol. The summed E-state index contributed by atoms with van der Waals surface area (Å²) in [5.74, 6) is -0.297. The third kappa shape index (κ3) is 3.79. The van der Waals surface area contributed by atoms with Gasteiger partial charge in [-0.25, -0.2) is 17.4 Å². The molecule has 0 aliphatic heterocycles. The molecule has 2 aromatic carbocycles. The highest BCUT2D eigenvalue weighted by molar-refractivity contribution is 7.90. The number of carbonyl (C=O) groups excluding carboxylic acids is 1. The zero-order valence-corrected chi connectivity index (χ0v) is 16.4. The van der Waals surface area contributed by atoms with E-state index in [0.717, 1.165) is 13.0 Å². The van der Waals surface area contributed by atoms with Crippen LogP contribution in [0.4, 0.5) is 0 Å². The minimum atomic E-state index is -3.81. The molecule has 0 radical (unpaired) electrons. The van der Waals surface area contributed by atoms with Gasteiger partial charge in [0, 0.05) is 37.1 Å². The van der Waals surface area contributed by atoms with Gasteiger partial charge in [0.2, 0.25) is 0 Å². The number of hydrogen-bond acceptors (Lipinski definition) is 4. The number of aromatic nitrogens is 3. The van der Waals surface area contributed by atoms with E-state index in [-0.39, 0.29) is 10.8 Å². The van der Waals surface area contributed by atoms with Crippen LogP contribution < -0.4 is 5.32 Å². The highest BCUT2D eigenvalue weighted by Crippen LogP contribution is 2.26. The molecule has 0 saturated carbocycles. The molecule has 0 saturated heterocycles. The molecule has 148 valence electrons. The highest BCUT2D eigenvalue weighted by Gasteiger charge is 2.23. The van der Waals surface area contributed by atoms with Crippen molar-refractivity contribution in [1.29, 1.82) is 0 Å². The first kappa shape index (κ1) is 18.9. The zero-order valence-electron chi connectivity index (χ0n) is 15.6. The van der Waals surface area contributed by atoms with Crippen molar-refractivity contribution in [3.05, 3.63) is 85.1 Å². The molecule has 4 rings (SSSR count). The average molecular weight is 408 g/mol. The molecule has 1 N–H and O–H groups in total. The maximum atomic E-state index is 13.1. The van der Waals surface area contributed by atoms with Gasteiger partial charge in [-0.15, -0.1) is 0 Å². The maximum absolute atomic E-state index is 13.1. The normalized spacial score (nSPS) is 11.6. The van der Waals surface area contributed by atoms with Crippen molar-refractivity contribution in [1.82, 2.24) is 18.8 Å². The van der Waals surface area contributed by atoms with Gasteiger partial charge in [0.25, 0.3) is 15.9 Å². The van der Waals surface area contributed by atoms with Gasteiger partial charge < -0.3 is 9.88 Å². The van der Waals surface area contributed by atoms with Crippen LogP contribution in [0.1, 0.15) is 16.8 Å². The Balaban J connectivity index is 1.60. The average Bonchev–Trinajstić information content (AvgIpc) is 3.40. The van der Waals surface area contributed by atoms with Crippen molar-refractivity contribution in [2.75, 3.05) is 6.54 Å². The Bertz CT molecular complexity index is 1230. The number of amides is 1. The lowest BCUT2D eigenvalue weighted by Gasteiger charge is -2.07. The second-order valence-corrected chi connectivity index (χ2v) is 8.40. The van der Waals surface area contributed by atoms with Crippen LogP contribution in [0, 0.1) is 0 Å². The summed E-state index contributed by atoms with van der Waals surface area (Å²) in [6, 6.07) is 15.2. The summed E-state index contributed by atoms with van der Waals surface area (Å²) in [6.07, 6.45) is 7.44. The molecule has 2 heterocycles. The van der Waals surface area contributed by atoms with Crippen LogP contribution in [0.3, 0.4) is 0 Å². The Morgan fingerprint density at radius 2 is 1.79 bits per heavy atom. The number of para-hydroxylation sites is 1. The number of benzene rings is 2. The summed E-state index contributed by atoms with van der Waals surface area (Å²) in [5.41, 5.74) is 0.808. The van der Waals surface area contributed by atoms with E-state index in [2.05, 4.69) is 10.3 Å². The summed E-state index contributed by atoms with van der Waals surface area (Å²) in [6.45, 7) is 1.21. The monoisotopic (exact) mass is 408 g/mol. The standard InChI is InChI=1S/C21H20N4O3S/c26-21(23-11-6-13-24-14-12-22-16-24)19-15-25(20-10-5-4-9-18(19)20)29(27,28)17-7-2-1-3-8-17/h1-5,7-10,12,14-16H,6,11,13H2,(H,23,26). The van der Waals surface area contributed by atoms with Crippen molar-refractivity contribution in [3.63, 3.8) is 0 Å². The Kier molecular flexibility index (Phi) is 5.18. The Morgan fingerprint density at radius 1 is 1.03 bits per heavy atom. The number of aryl methyl sites for hydroxylation is 1. The smallest absolute Gasteiger partial charge is 0.268 e. The molecule has 0 spiro atoms. The molecule has 7 nitrogen and oxygen atoms in total. The van der Waals surface area contributed by atoms with Gasteiger partial charge in [-0.1, -0.05) is 36.4 Å². The van der Waals surface area contributed by atoms with Crippen LogP contribution in [-0.4, -0.2) is 34.4 Å². The lowest BCUT2D eigenvalue weighted by atomic mass is 10.1. The van der Waals surface area contributed by atoms with Crippen LogP contribution >= 0.6 is 0 Å². The van der Waals surface area contributed by atoms with Crippen molar-refractivity contribution in [2.24, 2.45) is 0 Å². The molecule has 0 bridgehead atoms. The van der Waals surface area contributed by atoms with E-state index in [1.807, 2.05) is 10.8 Å². The van der Waals surface area contributed by atoms with Gasteiger partial charge in [0.15, 0.2) is 0 Å². The summed E-state index contributed by atoms with van der Waals surface area (Å²) in [5, 5.41) is 3.47. The van der Waals surface area contributed by atoms with E-state index in [1.165, 1.54) is 10.2 Å². The largest absolute Gasteiger partial charge is 0.352 e. The molecular formula is C21H20N4O3S. The first-order chi connectivity index (χ1) is 14.1. The van der Waals surface area contributed by atoms with E-state index >= 15 is 0 Å². The fourth-order valence-corrected chi connectivity index (χ4v) is 4.60. The van der Waals surface area contributed by atoms with Gasteiger partial charge in [-0.2, -0.15) is 0 Å². The van der Waals surface area contributed by atoms with Gasteiger partial charge >= 0.3 is 0 Å². The molecule has 1 amide bonds. The topological polar surface area (TPSA) is 86.0 Å². The summed E-state index contributed by atoms with van der Waals surface area (Å²) < 4.78 is 29.3. The van der Waals surface area contributed by atoms with Crippen LogP contribution in [0.15, 0.2) is 84.4 Å². The first-order valence-corrected chi connectivity index (χ1v) is 10.7. The van der Waals surface area contributed by atoms with Crippen molar-refractivity contribution >= 4 is 26.8 Å². The molecule has 0 unspecified atom stereocenters. The lowest BCUT2D eigenvalue weighted by Crippen LogP contribution is -2.25. The minimum absolute atomic E-state index is 0.174. The van der Waals surface area contributed by atoms with E-state index < -0.39 is 10.0 Å². The molecule has 0 atom stereocenters. The lowest BCUT2D eigenvalue weighted by molar-refractivity contribution is 0.0954. The summed E-state index contributed by atoms with van der Waals surface area (Å²) >= 11 is 0. The van der Waals surface area contributed by atoms with Crippen molar-refractivity contribution < 1.29 is 13.2 Å². The molecule has 0 fully saturated rings. The molecule has 29 heavy (non-hydrogen) atoms. The van der Waals surface area contributed by atoms with Crippen LogP contribution in [0.25, 0.3) is 10.9 Å². The van der Waals surface area contributed by atoms with Gasteiger partial charge in [0.1, 0.15) is 0 Å². The minimum Gasteiger partial charge on any atom is -0.352 e. The number of nitrogens with zero attached hydrogens (tertiary/aromatic N) is 3. The highest BCUT2D eigenvalue weighted by atomic mass is 32.2. The van der Waals surface area contributed by atoms with Crippen molar-refractivity contribution in [2.45, 2.75) is 17.9 Å². The summed E-state index contributed by atoms with van der Waals surface area (Å²) in [4.78, 5) is 16.9. The zero-order chi connectivity index (χ0) is 20.3. The third-order valence-electron chi connectivity index (χ3n) is 4.66. The Labute approximate surface area is 168 Å². The quantitative estimate of drug-likeness (QED) is 0.477. The predicted octanol–water partition coefficient (Wildman–Crippen LogP) is 2.89. The second-order valence-electron chi connectivity index (χ2n) is 6.58. The number of imidazole rings is 1. The number of rotatable bonds is 7. The predicted molar refractivity (Wildman–Crippen MR) is 110 cm³/mol.